The number of aliphatic hydroxyl groups excluding tert-OH is 3. The van der Waals surface area contributed by atoms with Gasteiger partial charge in [-0.25, -0.2) is 0 Å². The highest BCUT2D eigenvalue weighted by molar-refractivity contribution is 5.82. The van der Waals surface area contributed by atoms with Gasteiger partial charge in [-0.1, -0.05) is 159 Å². The maximum absolute atomic E-state index is 12.3. The summed E-state index contributed by atoms with van der Waals surface area (Å²) in [5.41, 5.74) is 1.42. The van der Waals surface area contributed by atoms with E-state index in [4.69, 9.17) is 0 Å². The molecule has 0 aromatic rings. The Balaban J connectivity index is 3.99. The number of hydrogen-bond acceptors (Lipinski definition) is 4. The Morgan fingerprint density at radius 1 is 0.643 bits per heavy atom. The first-order chi connectivity index (χ1) is 20.5. The number of rotatable bonds is 30. The first kappa shape index (κ1) is 40.6. The summed E-state index contributed by atoms with van der Waals surface area (Å²) in [5.74, 6) is -0.601. The molecular formula is C37H69NO4. The molecule has 0 aromatic carbocycles. The molecule has 0 rings (SSSR count). The van der Waals surface area contributed by atoms with Gasteiger partial charge in [0.2, 0.25) is 0 Å². The van der Waals surface area contributed by atoms with Crippen molar-refractivity contribution in [2.75, 3.05) is 6.61 Å². The molecule has 0 fully saturated rings. The summed E-state index contributed by atoms with van der Waals surface area (Å²) in [5, 5.41) is 32.8. The fraction of sp³-hybridized carbons (Fsp3) is 0.811. The summed E-state index contributed by atoms with van der Waals surface area (Å²) in [6.45, 7) is 6.29. The van der Waals surface area contributed by atoms with Crippen LogP contribution in [0.3, 0.4) is 0 Å². The van der Waals surface area contributed by atoms with Gasteiger partial charge in [-0.3, -0.25) is 4.79 Å². The molecule has 5 heteroatoms. The van der Waals surface area contributed by atoms with Crippen LogP contribution in [0.2, 0.25) is 0 Å². The maximum Gasteiger partial charge on any atom is 0.253 e. The summed E-state index contributed by atoms with van der Waals surface area (Å²) in [6, 6.07) is -0.845. The van der Waals surface area contributed by atoms with E-state index < -0.39 is 30.8 Å². The Labute approximate surface area is 260 Å². The van der Waals surface area contributed by atoms with E-state index in [1.54, 1.807) is 6.08 Å². The third-order valence-electron chi connectivity index (χ3n) is 8.08. The van der Waals surface area contributed by atoms with E-state index in [0.717, 1.165) is 32.1 Å². The highest BCUT2D eigenvalue weighted by Crippen LogP contribution is 2.14. The van der Waals surface area contributed by atoms with Crippen LogP contribution in [0.1, 0.15) is 168 Å². The van der Waals surface area contributed by atoms with Crippen molar-refractivity contribution < 1.29 is 20.1 Å². The molecule has 0 aliphatic carbocycles. The number of carbonyl (C=O) groups is 1. The predicted molar refractivity (Wildman–Crippen MR) is 181 cm³/mol. The van der Waals surface area contributed by atoms with E-state index in [9.17, 15) is 20.1 Å². The minimum atomic E-state index is -1.28. The summed E-state index contributed by atoms with van der Waals surface area (Å²) >= 11 is 0. The molecule has 3 atom stereocenters. The standard InChI is InChI=1S/C37H69NO4/c1-4-6-8-10-12-13-14-15-16-17-18-20-22-26-31-36(41)37(42)38-34(32-39)35(40)30-27-23-25-29-33(3)28-24-21-19-11-9-7-5-2/h26-27,29-31,34-36,39-41H,4-25,28,32H2,1-3H3,(H,38,42)/b30-27+,31-26+,33-29+/t34-,35?,36?/m1/s1. The Hall–Kier alpha value is -1.43. The number of carbonyl (C=O) groups excluding carboxylic acids is 1. The van der Waals surface area contributed by atoms with Crippen LogP contribution in [-0.4, -0.2) is 46.1 Å². The van der Waals surface area contributed by atoms with Crippen molar-refractivity contribution in [2.45, 2.75) is 187 Å². The second-order valence-corrected chi connectivity index (χ2v) is 12.3. The predicted octanol–water partition coefficient (Wildman–Crippen LogP) is 9.26. The summed E-state index contributed by atoms with van der Waals surface area (Å²) < 4.78 is 0. The molecule has 42 heavy (non-hydrogen) atoms. The van der Waals surface area contributed by atoms with Gasteiger partial charge in [0, 0.05) is 0 Å². The van der Waals surface area contributed by atoms with Gasteiger partial charge in [-0.2, -0.15) is 0 Å². The normalized spacial score (nSPS) is 14.6. The van der Waals surface area contributed by atoms with Crippen LogP contribution in [0.25, 0.3) is 0 Å². The third-order valence-corrected chi connectivity index (χ3v) is 8.08. The molecule has 0 bridgehead atoms. The van der Waals surface area contributed by atoms with Gasteiger partial charge in [0.25, 0.3) is 5.91 Å². The Kier molecular flexibility index (Phi) is 30.0. The van der Waals surface area contributed by atoms with Crippen LogP contribution in [0.15, 0.2) is 36.0 Å². The lowest BCUT2D eigenvalue weighted by Gasteiger charge is -2.20. The van der Waals surface area contributed by atoms with Crippen molar-refractivity contribution >= 4 is 5.91 Å². The molecule has 2 unspecified atom stereocenters. The summed E-state index contributed by atoms with van der Waals surface area (Å²) in [4.78, 5) is 12.3. The van der Waals surface area contributed by atoms with Crippen LogP contribution in [0.4, 0.5) is 0 Å². The second-order valence-electron chi connectivity index (χ2n) is 12.3. The fourth-order valence-corrected chi connectivity index (χ4v) is 5.18. The minimum Gasteiger partial charge on any atom is -0.394 e. The van der Waals surface area contributed by atoms with Crippen molar-refractivity contribution in [1.29, 1.82) is 0 Å². The largest absolute Gasteiger partial charge is 0.394 e. The molecule has 0 aliphatic rings. The summed E-state index contributed by atoms with van der Waals surface area (Å²) in [7, 11) is 0. The van der Waals surface area contributed by atoms with Crippen molar-refractivity contribution in [3.63, 3.8) is 0 Å². The van der Waals surface area contributed by atoms with Gasteiger partial charge in [-0.15, -0.1) is 0 Å². The van der Waals surface area contributed by atoms with Gasteiger partial charge in [0.1, 0.15) is 0 Å². The molecule has 0 aromatic heterocycles. The van der Waals surface area contributed by atoms with Gasteiger partial charge in [0.05, 0.1) is 18.8 Å². The molecule has 5 nitrogen and oxygen atoms in total. The molecular weight excluding hydrogens is 522 g/mol. The lowest BCUT2D eigenvalue weighted by Crippen LogP contribution is -2.48. The Morgan fingerprint density at radius 3 is 1.64 bits per heavy atom. The fourth-order valence-electron chi connectivity index (χ4n) is 5.18. The second kappa shape index (κ2) is 31.0. The maximum atomic E-state index is 12.3. The highest BCUT2D eigenvalue weighted by Gasteiger charge is 2.21. The molecule has 0 saturated carbocycles. The van der Waals surface area contributed by atoms with Crippen LogP contribution < -0.4 is 5.32 Å². The van der Waals surface area contributed by atoms with Gasteiger partial charge < -0.3 is 20.6 Å². The molecule has 4 N–H and O–H groups in total. The number of unbranched alkanes of at least 4 members (excludes halogenated alkanes) is 19. The van der Waals surface area contributed by atoms with E-state index in [1.165, 1.54) is 127 Å². The number of amides is 1. The zero-order chi connectivity index (χ0) is 31.1. The van der Waals surface area contributed by atoms with Gasteiger partial charge in [-0.05, 0) is 45.4 Å². The van der Waals surface area contributed by atoms with E-state index in [1.807, 2.05) is 12.2 Å². The van der Waals surface area contributed by atoms with Crippen molar-refractivity contribution in [3.05, 3.63) is 36.0 Å². The molecule has 0 spiro atoms. The molecule has 0 heterocycles. The Morgan fingerprint density at radius 2 is 1.12 bits per heavy atom. The number of aliphatic hydroxyl groups is 3. The number of nitrogens with one attached hydrogen (secondary N) is 1. The molecule has 0 aliphatic heterocycles. The van der Waals surface area contributed by atoms with Gasteiger partial charge >= 0.3 is 0 Å². The van der Waals surface area contributed by atoms with E-state index >= 15 is 0 Å². The van der Waals surface area contributed by atoms with Crippen LogP contribution in [-0.2, 0) is 4.79 Å². The average molecular weight is 592 g/mol. The quantitative estimate of drug-likeness (QED) is 0.0495. The van der Waals surface area contributed by atoms with Crippen molar-refractivity contribution in [2.24, 2.45) is 0 Å². The topological polar surface area (TPSA) is 89.8 Å². The Bertz CT molecular complexity index is 687. The monoisotopic (exact) mass is 592 g/mol. The smallest absolute Gasteiger partial charge is 0.253 e. The van der Waals surface area contributed by atoms with Gasteiger partial charge in [0.15, 0.2) is 6.10 Å². The van der Waals surface area contributed by atoms with Crippen molar-refractivity contribution in [3.8, 4) is 0 Å². The van der Waals surface area contributed by atoms with E-state index in [-0.39, 0.29) is 0 Å². The first-order valence-electron chi connectivity index (χ1n) is 17.7. The number of allylic oxidation sites excluding steroid dienone is 4. The minimum absolute atomic E-state index is 0.399. The molecule has 246 valence electrons. The molecule has 1 amide bonds. The zero-order valence-corrected chi connectivity index (χ0v) is 27.8. The zero-order valence-electron chi connectivity index (χ0n) is 27.8. The first-order valence-corrected chi connectivity index (χ1v) is 17.7. The van der Waals surface area contributed by atoms with Crippen LogP contribution in [0, 0.1) is 0 Å². The van der Waals surface area contributed by atoms with Crippen molar-refractivity contribution in [1.82, 2.24) is 5.32 Å². The van der Waals surface area contributed by atoms with Crippen LogP contribution in [0.5, 0.6) is 0 Å². The lowest BCUT2D eigenvalue weighted by molar-refractivity contribution is -0.128. The van der Waals surface area contributed by atoms with E-state index in [0.29, 0.717) is 0 Å². The summed E-state index contributed by atoms with van der Waals surface area (Å²) in [6.07, 6.45) is 35.4. The van der Waals surface area contributed by atoms with Crippen LogP contribution >= 0.6 is 0 Å². The highest BCUT2D eigenvalue weighted by atomic mass is 16.3. The number of hydrogen-bond donors (Lipinski definition) is 4. The molecule has 0 saturated heterocycles. The molecule has 0 radical (unpaired) electrons. The lowest BCUT2D eigenvalue weighted by atomic mass is 10.0. The van der Waals surface area contributed by atoms with E-state index in [2.05, 4.69) is 32.2 Å². The average Bonchev–Trinajstić information content (AvgIpc) is 2.98. The third kappa shape index (κ3) is 26.2. The SMILES string of the molecule is CCCCCCCCCCCCCC/C=C/C(O)C(=O)N[C@H](CO)C(O)/C=C/CC/C=C(\C)CCCCCCCCC.